The van der Waals surface area contributed by atoms with Crippen LogP contribution >= 0.6 is 0 Å². The number of anilines is 1. The van der Waals surface area contributed by atoms with E-state index in [1.807, 2.05) is 0 Å². The van der Waals surface area contributed by atoms with E-state index in [0.717, 1.165) is 36.4 Å². The van der Waals surface area contributed by atoms with Crippen LogP contribution in [-0.2, 0) is 22.4 Å². The first-order chi connectivity index (χ1) is 11.2. The lowest BCUT2D eigenvalue weighted by molar-refractivity contribution is -0.123. The summed E-state index contributed by atoms with van der Waals surface area (Å²) in [6, 6.07) is 4.28. The molecule has 0 saturated carbocycles. The van der Waals surface area contributed by atoms with E-state index in [9.17, 15) is 9.59 Å². The van der Waals surface area contributed by atoms with Gasteiger partial charge in [0.25, 0.3) is 5.91 Å². The van der Waals surface area contributed by atoms with Gasteiger partial charge in [-0.1, -0.05) is 0 Å². The number of imide groups is 1. The van der Waals surface area contributed by atoms with Crippen LogP contribution in [0.2, 0.25) is 0 Å². The fraction of sp³-hybridized carbons (Fsp3) is 0.444. The minimum atomic E-state index is -0.575. The van der Waals surface area contributed by atoms with E-state index in [-0.39, 0.29) is 11.7 Å². The maximum Gasteiger partial charge on any atom is 0.422 e. The fourth-order valence-corrected chi connectivity index (χ4v) is 3.84. The quantitative estimate of drug-likeness (QED) is 0.788. The third kappa shape index (κ3) is 2.31. The van der Waals surface area contributed by atoms with Crippen LogP contribution in [0.25, 0.3) is 6.08 Å². The molecule has 3 aliphatic rings. The predicted molar refractivity (Wildman–Crippen MR) is 87.1 cm³/mol. The number of hydrogen-bond acceptors (Lipinski definition) is 4. The van der Waals surface area contributed by atoms with Gasteiger partial charge in [-0.25, -0.2) is 9.69 Å². The molecule has 1 aromatic rings. The van der Waals surface area contributed by atoms with Crippen molar-refractivity contribution in [1.82, 2.24) is 4.90 Å². The Labute approximate surface area is 135 Å². The van der Waals surface area contributed by atoms with Crippen molar-refractivity contribution in [2.75, 3.05) is 24.5 Å². The molecule has 0 N–H and O–H groups in total. The van der Waals surface area contributed by atoms with Crippen LogP contribution in [0.1, 0.15) is 36.5 Å². The van der Waals surface area contributed by atoms with Gasteiger partial charge in [-0.15, -0.1) is 0 Å². The molecule has 0 aromatic heterocycles. The third-order valence-electron chi connectivity index (χ3n) is 4.84. The molecular weight excluding hydrogens is 292 g/mol. The van der Waals surface area contributed by atoms with E-state index in [1.54, 1.807) is 13.0 Å². The summed E-state index contributed by atoms with van der Waals surface area (Å²) in [6.07, 6.45) is 5.62. The zero-order chi connectivity index (χ0) is 16.0. The number of hydrogen-bond donors (Lipinski definition) is 0. The van der Waals surface area contributed by atoms with Crippen LogP contribution in [0.4, 0.5) is 10.5 Å². The van der Waals surface area contributed by atoms with E-state index in [4.69, 9.17) is 4.74 Å². The highest BCUT2D eigenvalue weighted by molar-refractivity contribution is 6.09. The molecule has 2 amide bonds. The summed E-state index contributed by atoms with van der Waals surface area (Å²) < 4.78 is 5.12. The first-order valence-electron chi connectivity index (χ1n) is 8.33. The number of amides is 2. The Morgan fingerprint density at radius 2 is 1.78 bits per heavy atom. The van der Waals surface area contributed by atoms with Gasteiger partial charge in [0.1, 0.15) is 0 Å². The van der Waals surface area contributed by atoms with Gasteiger partial charge in [-0.05, 0) is 67.5 Å². The van der Waals surface area contributed by atoms with E-state index in [0.29, 0.717) is 6.54 Å². The second kappa shape index (κ2) is 5.41. The zero-order valence-electron chi connectivity index (χ0n) is 13.3. The largest absolute Gasteiger partial charge is 0.422 e. The van der Waals surface area contributed by atoms with Crippen molar-refractivity contribution in [3.8, 4) is 0 Å². The molecule has 1 aromatic carbocycles. The van der Waals surface area contributed by atoms with Crippen LogP contribution in [0, 0.1) is 0 Å². The number of cyclic esters (lactones) is 1. The lowest BCUT2D eigenvalue weighted by Gasteiger charge is -2.37. The summed E-state index contributed by atoms with van der Waals surface area (Å²) in [5.41, 5.74) is 5.06. The van der Waals surface area contributed by atoms with Crippen LogP contribution in [0.3, 0.4) is 0 Å². The number of likely N-dealkylation sites (N-methyl/N-ethyl adjacent to an activating group) is 1. The first kappa shape index (κ1) is 14.3. The number of carbonyl (C=O) groups excluding carboxylic acids is 2. The van der Waals surface area contributed by atoms with Gasteiger partial charge in [-0.2, -0.15) is 0 Å². The standard InChI is InChI=1S/C18H20N2O3/c1-2-20-17(21)15(23-18(20)22)11-12-9-13-5-3-7-19-8-4-6-14(10-12)16(13)19/h9-11H,2-8H2,1H3. The second-order valence-corrected chi connectivity index (χ2v) is 6.31. The molecule has 0 radical (unpaired) electrons. The molecule has 3 aliphatic heterocycles. The van der Waals surface area contributed by atoms with Crippen LogP contribution in [0.5, 0.6) is 0 Å². The lowest BCUT2D eigenvalue weighted by atomic mass is 9.90. The molecule has 0 unspecified atom stereocenters. The molecule has 0 bridgehead atoms. The molecule has 4 rings (SSSR count). The number of carbonyl (C=O) groups is 2. The molecule has 1 saturated heterocycles. The highest BCUT2D eigenvalue weighted by Crippen LogP contribution is 2.36. The average molecular weight is 312 g/mol. The highest BCUT2D eigenvalue weighted by Gasteiger charge is 2.35. The summed E-state index contributed by atoms with van der Waals surface area (Å²) in [5.74, 6) is -0.210. The van der Waals surface area contributed by atoms with E-state index >= 15 is 0 Å². The minimum absolute atomic E-state index is 0.132. The number of rotatable bonds is 2. The Hall–Kier alpha value is -2.30. The summed E-state index contributed by atoms with van der Waals surface area (Å²) in [5, 5.41) is 0. The van der Waals surface area contributed by atoms with Gasteiger partial charge in [0.05, 0.1) is 0 Å². The SMILES string of the molecule is CCN1C(=O)OC(=Cc2cc3c4c(c2)CCCN4CCC3)C1=O. The molecule has 120 valence electrons. The van der Waals surface area contributed by atoms with Gasteiger partial charge < -0.3 is 9.64 Å². The number of benzene rings is 1. The van der Waals surface area contributed by atoms with Gasteiger partial charge in [-0.3, -0.25) is 4.79 Å². The van der Waals surface area contributed by atoms with Crippen LogP contribution < -0.4 is 4.90 Å². The maximum absolute atomic E-state index is 12.2. The molecular formula is C18H20N2O3. The Morgan fingerprint density at radius 1 is 1.13 bits per heavy atom. The van der Waals surface area contributed by atoms with Crippen molar-refractivity contribution < 1.29 is 14.3 Å². The molecule has 0 atom stereocenters. The minimum Gasteiger partial charge on any atom is -0.404 e. The van der Waals surface area contributed by atoms with Crippen LogP contribution in [-0.4, -0.2) is 36.5 Å². The zero-order valence-corrected chi connectivity index (χ0v) is 13.3. The number of ether oxygens (including phenoxy) is 1. The fourth-order valence-electron chi connectivity index (χ4n) is 3.84. The van der Waals surface area contributed by atoms with Crippen molar-refractivity contribution in [2.45, 2.75) is 32.6 Å². The van der Waals surface area contributed by atoms with Gasteiger partial charge in [0.15, 0.2) is 5.76 Å². The van der Waals surface area contributed by atoms with E-state index in [2.05, 4.69) is 17.0 Å². The van der Waals surface area contributed by atoms with Crippen molar-refractivity contribution in [3.63, 3.8) is 0 Å². The lowest BCUT2D eigenvalue weighted by Crippen LogP contribution is -2.34. The molecule has 5 heteroatoms. The normalized spacial score (nSPS) is 21.7. The van der Waals surface area contributed by atoms with Gasteiger partial charge in [0.2, 0.25) is 0 Å². The maximum atomic E-state index is 12.2. The van der Waals surface area contributed by atoms with Gasteiger partial charge in [0, 0.05) is 25.3 Å². The highest BCUT2D eigenvalue weighted by atomic mass is 16.6. The van der Waals surface area contributed by atoms with Crippen LogP contribution in [0.15, 0.2) is 17.9 Å². The summed E-state index contributed by atoms with van der Waals surface area (Å²) in [7, 11) is 0. The van der Waals surface area contributed by atoms with Crippen molar-refractivity contribution in [1.29, 1.82) is 0 Å². The Morgan fingerprint density at radius 3 is 2.35 bits per heavy atom. The molecule has 23 heavy (non-hydrogen) atoms. The third-order valence-corrected chi connectivity index (χ3v) is 4.84. The molecule has 0 spiro atoms. The average Bonchev–Trinajstić information content (AvgIpc) is 2.81. The number of aryl methyl sites for hydroxylation is 2. The molecule has 1 fully saturated rings. The van der Waals surface area contributed by atoms with Gasteiger partial charge >= 0.3 is 6.09 Å². The molecule has 0 aliphatic carbocycles. The van der Waals surface area contributed by atoms with Crippen molar-refractivity contribution in [3.05, 3.63) is 34.6 Å². The second-order valence-electron chi connectivity index (χ2n) is 6.31. The number of nitrogens with zero attached hydrogens (tertiary/aromatic N) is 2. The predicted octanol–water partition coefficient (Wildman–Crippen LogP) is 2.73. The monoisotopic (exact) mass is 312 g/mol. The van der Waals surface area contributed by atoms with Crippen molar-refractivity contribution in [2.24, 2.45) is 0 Å². The van der Waals surface area contributed by atoms with Crippen molar-refractivity contribution >= 4 is 23.8 Å². The Bertz CT molecular complexity index is 692. The van der Waals surface area contributed by atoms with E-state index in [1.165, 1.54) is 29.7 Å². The topological polar surface area (TPSA) is 49.9 Å². The summed E-state index contributed by atoms with van der Waals surface area (Å²) in [6.45, 7) is 4.38. The molecule has 5 nitrogen and oxygen atoms in total. The Balaban J connectivity index is 1.72. The summed E-state index contributed by atoms with van der Waals surface area (Å²) >= 11 is 0. The smallest absolute Gasteiger partial charge is 0.404 e. The first-order valence-corrected chi connectivity index (χ1v) is 8.33. The Kier molecular flexibility index (Phi) is 3.36. The summed E-state index contributed by atoms with van der Waals surface area (Å²) in [4.78, 5) is 27.4. The molecule has 3 heterocycles. The van der Waals surface area contributed by atoms with E-state index < -0.39 is 6.09 Å².